The van der Waals surface area contributed by atoms with E-state index in [1.54, 1.807) is 43.3 Å². The molecule has 0 aliphatic carbocycles. The van der Waals surface area contributed by atoms with Gasteiger partial charge in [-0.25, -0.2) is 9.78 Å². The van der Waals surface area contributed by atoms with E-state index in [4.69, 9.17) is 19.0 Å². The van der Waals surface area contributed by atoms with Crippen LogP contribution in [0.3, 0.4) is 0 Å². The number of aromatic carboxylic acids is 1. The molecular formula is C25H18F3NO5. The largest absolute Gasteiger partial charge is 0.483 e. The molecule has 0 saturated heterocycles. The van der Waals surface area contributed by atoms with Crippen LogP contribution >= 0.6 is 0 Å². The minimum atomic E-state index is -4.42. The maximum atomic E-state index is 12.8. The summed E-state index contributed by atoms with van der Waals surface area (Å²) in [6, 6.07) is 17.4. The number of hydrogen-bond acceptors (Lipinski definition) is 5. The highest BCUT2D eigenvalue weighted by atomic mass is 19.4. The number of oxazole rings is 1. The van der Waals surface area contributed by atoms with Gasteiger partial charge >= 0.3 is 12.1 Å². The zero-order valence-electron chi connectivity index (χ0n) is 17.8. The summed E-state index contributed by atoms with van der Waals surface area (Å²) in [6.45, 7) is 1.70. The number of carbonyl (C=O) groups is 1. The number of hydrogen-bond donors (Lipinski definition) is 1. The number of rotatable bonds is 7. The van der Waals surface area contributed by atoms with E-state index >= 15 is 0 Å². The highest BCUT2D eigenvalue weighted by Gasteiger charge is 2.30. The predicted molar refractivity (Wildman–Crippen MR) is 116 cm³/mol. The first-order valence-corrected chi connectivity index (χ1v) is 10.1. The van der Waals surface area contributed by atoms with Crippen LogP contribution in [0.2, 0.25) is 0 Å². The smallest absolute Gasteiger partial charge is 0.416 e. The summed E-state index contributed by atoms with van der Waals surface area (Å²) in [5.41, 5.74) is 0.209. The van der Waals surface area contributed by atoms with Gasteiger partial charge in [-0.2, -0.15) is 13.2 Å². The number of carboxylic acid groups (broad SMARTS) is 1. The van der Waals surface area contributed by atoms with Gasteiger partial charge in [0, 0.05) is 5.56 Å². The van der Waals surface area contributed by atoms with Crippen LogP contribution in [0.5, 0.6) is 17.2 Å². The molecule has 0 fully saturated rings. The lowest BCUT2D eigenvalue weighted by molar-refractivity contribution is -0.137. The number of aryl methyl sites for hydroxylation is 1. The Bertz CT molecular complexity index is 1310. The van der Waals surface area contributed by atoms with Gasteiger partial charge in [-0.3, -0.25) is 0 Å². The molecule has 9 heteroatoms. The summed E-state index contributed by atoms with van der Waals surface area (Å²) in [7, 11) is 0. The van der Waals surface area contributed by atoms with E-state index < -0.39 is 17.7 Å². The Morgan fingerprint density at radius 3 is 2.38 bits per heavy atom. The summed E-state index contributed by atoms with van der Waals surface area (Å²) in [5, 5.41) is 9.15. The van der Waals surface area contributed by atoms with E-state index in [0.29, 0.717) is 34.3 Å². The van der Waals surface area contributed by atoms with Crippen molar-refractivity contribution >= 4 is 5.97 Å². The second kappa shape index (κ2) is 9.30. The minimum absolute atomic E-state index is 0.0194. The molecule has 4 rings (SSSR count). The van der Waals surface area contributed by atoms with Gasteiger partial charge in [0.1, 0.15) is 23.8 Å². The normalized spacial score (nSPS) is 11.3. The number of nitrogens with zero attached hydrogens (tertiary/aromatic N) is 1. The second-order valence-corrected chi connectivity index (χ2v) is 7.27. The van der Waals surface area contributed by atoms with E-state index in [1.807, 2.05) is 0 Å². The summed E-state index contributed by atoms with van der Waals surface area (Å²) in [5.74, 6) is 0.664. The van der Waals surface area contributed by atoms with E-state index in [1.165, 1.54) is 24.3 Å². The molecule has 0 aliphatic rings. The molecule has 34 heavy (non-hydrogen) atoms. The SMILES string of the molecule is Cc1oc(-c2ccc(C(F)(F)F)cc2)nc1COc1ccccc1Oc1cccc(C(=O)O)c1. The third-order valence-electron chi connectivity index (χ3n) is 4.87. The van der Waals surface area contributed by atoms with Crippen LogP contribution in [0.25, 0.3) is 11.5 Å². The van der Waals surface area contributed by atoms with Gasteiger partial charge in [-0.1, -0.05) is 18.2 Å². The van der Waals surface area contributed by atoms with E-state index in [-0.39, 0.29) is 18.1 Å². The standard InChI is InChI=1S/C25H18F3NO5/c1-15-20(29-23(33-15)16-9-11-18(12-10-16)25(26,27)28)14-32-21-7-2-3-8-22(21)34-19-6-4-5-17(13-19)24(30)31/h2-13H,14H2,1H3,(H,30,31). The van der Waals surface area contributed by atoms with Crippen LogP contribution < -0.4 is 9.47 Å². The lowest BCUT2D eigenvalue weighted by Crippen LogP contribution is -2.04. The number of alkyl halides is 3. The Morgan fingerprint density at radius 1 is 1.00 bits per heavy atom. The number of para-hydroxylation sites is 2. The summed E-state index contributed by atoms with van der Waals surface area (Å²) in [4.78, 5) is 15.5. The molecule has 0 aliphatic heterocycles. The number of carboxylic acids is 1. The van der Waals surface area contributed by atoms with Crippen molar-refractivity contribution in [1.29, 1.82) is 0 Å². The molecule has 3 aromatic carbocycles. The quantitative estimate of drug-likeness (QED) is 0.323. The second-order valence-electron chi connectivity index (χ2n) is 7.27. The molecule has 0 bridgehead atoms. The first-order valence-electron chi connectivity index (χ1n) is 10.1. The fourth-order valence-corrected chi connectivity index (χ4v) is 3.11. The van der Waals surface area contributed by atoms with Crippen molar-refractivity contribution in [2.75, 3.05) is 0 Å². The zero-order valence-corrected chi connectivity index (χ0v) is 17.8. The molecule has 0 unspecified atom stereocenters. The highest BCUT2D eigenvalue weighted by molar-refractivity contribution is 5.88. The van der Waals surface area contributed by atoms with Crippen molar-refractivity contribution in [3.63, 3.8) is 0 Å². The summed E-state index contributed by atoms with van der Waals surface area (Å²) >= 11 is 0. The maximum absolute atomic E-state index is 12.8. The van der Waals surface area contributed by atoms with Crippen LogP contribution in [0.4, 0.5) is 13.2 Å². The Labute approximate surface area is 192 Å². The fourth-order valence-electron chi connectivity index (χ4n) is 3.11. The van der Waals surface area contributed by atoms with Crippen molar-refractivity contribution in [2.24, 2.45) is 0 Å². The van der Waals surface area contributed by atoms with Gasteiger partial charge in [-0.05, 0) is 61.5 Å². The van der Waals surface area contributed by atoms with Crippen LogP contribution in [-0.2, 0) is 12.8 Å². The zero-order chi connectivity index (χ0) is 24.3. The molecule has 0 saturated carbocycles. The number of ether oxygens (including phenoxy) is 2. The van der Waals surface area contributed by atoms with Crippen molar-refractivity contribution in [3.05, 3.63) is 95.4 Å². The molecule has 1 N–H and O–H groups in total. The van der Waals surface area contributed by atoms with Crippen molar-refractivity contribution in [3.8, 4) is 28.7 Å². The highest BCUT2D eigenvalue weighted by Crippen LogP contribution is 2.33. The topological polar surface area (TPSA) is 81.8 Å². The number of halogens is 3. The molecule has 1 aromatic heterocycles. The summed E-state index contributed by atoms with van der Waals surface area (Å²) < 4.78 is 55.6. The van der Waals surface area contributed by atoms with Crippen LogP contribution in [0.1, 0.15) is 27.4 Å². The minimum Gasteiger partial charge on any atom is -0.483 e. The molecule has 4 aromatic rings. The van der Waals surface area contributed by atoms with Gasteiger partial charge < -0.3 is 19.0 Å². The number of aromatic nitrogens is 1. The third kappa shape index (κ3) is 5.20. The Hall–Kier alpha value is -4.27. The molecule has 174 valence electrons. The monoisotopic (exact) mass is 469 g/mol. The molecule has 0 amide bonds. The average molecular weight is 469 g/mol. The fraction of sp³-hybridized carbons (Fsp3) is 0.120. The van der Waals surface area contributed by atoms with Gasteiger partial charge in [0.2, 0.25) is 5.89 Å². The van der Waals surface area contributed by atoms with Gasteiger partial charge in [0.05, 0.1) is 11.1 Å². The van der Waals surface area contributed by atoms with Crippen molar-refractivity contribution < 1.29 is 37.0 Å². The molecular weight excluding hydrogens is 451 g/mol. The Balaban J connectivity index is 1.49. The third-order valence-corrected chi connectivity index (χ3v) is 4.87. The maximum Gasteiger partial charge on any atom is 0.416 e. The van der Waals surface area contributed by atoms with Gasteiger partial charge in [0.25, 0.3) is 0 Å². The van der Waals surface area contributed by atoms with Crippen LogP contribution in [0, 0.1) is 6.92 Å². The number of benzene rings is 3. The molecule has 1 heterocycles. The van der Waals surface area contributed by atoms with E-state index in [0.717, 1.165) is 12.1 Å². The first-order chi connectivity index (χ1) is 16.2. The average Bonchev–Trinajstić information content (AvgIpc) is 3.18. The lowest BCUT2D eigenvalue weighted by Gasteiger charge is -2.12. The van der Waals surface area contributed by atoms with Gasteiger partial charge in [0.15, 0.2) is 11.5 Å². The van der Waals surface area contributed by atoms with Crippen molar-refractivity contribution in [2.45, 2.75) is 19.7 Å². The van der Waals surface area contributed by atoms with Gasteiger partial charge in [-0.15, -0.1) is 0 Å². The first kappa shape index (κ1) is 22.9. The molecule has 0 atom stereocenters. The molecule has 0 radical (unpaired) electrons. The Kier molecular flexibility index (Phi) is 6.27. The van der Waals surface area contributed by atoms with Crippen molar-refractivity contribution in [1.82, 2.24) is 4.98 Å². The Morgan fingerprint density at radius 2 is 1.71 bits per heavy atom. The molecule has 6 nitrogen and oxygen atoms in total. The predicted octanol–water partition coefficient (Wildman–Crippen LogP) is 6.74. The lowest BCUT2D eigenvalue weighted by atomic mass is 10.1. The van der Waals surface area contributed by atoms with Crippen LogP contribution in [0.15, 0.2) is 77.2 Å². The summed E-state index contributed by atoms with van der Waals surface area (Å²) in [6.07, 6.45) is -4.42. The van der Waals surface area contributed by atoms with E-state index in [9.17, 15) is 18.0 Å². The van der Waals surface area contributed by atoms with Crippen LogP contribution in [-0.4, -0.2) is 16.1 Å². The van der Waals surface area contributed by atoms with E-state index in [2.05, 4.69) is 4.98 Å². The molecule has 0 spiro atoms.